The standard InChI is InChI=1S/C24H28N2O6/c1-26(2)15-4-6-19-17(8-15)18-9-16(31-22(12-27)24(18)32-19)10-23(28)25-11-14-3-5-20-21(7-14)30-13-29-20/h3-8,16,18,22,24,27H,9-13H2,1-2H3,(H,25,28)/t16-,18-,22-,24+/m0/s1. The number of carbonyl (C=O) groups is 1. The Hall–Kier alpha value is -2.97. The highest BCUT2D eigenvalue weighted by Crippen LogP contribution is 2.47. The number of nitrogens with one attached hydrogen (secondary N) is 1. The Kier molecular flexibility index (Phi) is 5.57. The maximum absolute atomic E-state index is 12.6. The fourth-order valence-corrected chi connectivity index (χ4v) is 4.69. The number of hydrogen-bond acceptors (Lipinski definition) is 7. The van der Waals surface area contributed by atoms with Gasteiger partial charge in [-0.05, 0) is 42.3 Å². The van der Waals surface area contributed by atoms with Crippen LogP contribution in [0.4, 0.5) is 5.69 Å². The summed E-state index contributed by atoms with van der Waals surface area (Å²) in [5.74, 6) is 2.24. The van der Waals surface area contributed by atoms with Gasteiger partial charge in [0.05, 0.1) is 19.1 Å². The lowest BCUT2D eigenvalue weighted by atomic mass is 9.84. The minimum atomic E-state index is -0.462. The number of fused-ring (bicyclic) bond motifs is 4. The number of benzene rings is 2. The normalized spacial score (nSPS) is 25.0. The molecule has 3 aliphatic heterocycles. The predicted molar refractivity (Wildman–Crippen MR) is 117 cm³/mol. The van der Waals surface area contributed by atoms with Crippen LogP contribution in [0.1, 0.15) is 29.9 Å². The first-order valence-corrected chi connectivity index (χ1v) is 10.9. The van der Waals surface area contributed by atoms with Gasteiger partial charge < -0.3 is 34.3 Å². The van der Waals surface area contributed by atoms with E-state index in [1.54, 1.807) is 0 Å². The zero-order valence-electron chi connectivity index (χ0n) is 18.2. The third-order valence-corrected chi connectivity index (χ3v) is 6.34. The van der Waals surface area contributed by atoms with Crippen LogP contribution in [0.15, 0.2) is 36.4 Å². The summed E-state index contributed by atoms with van der Waals surface area (Å²) in [6.07, 6.45) is -0.0890. The number of nitrogens with zero attached hydrogens (tertiary/aromatic N) is 1. The summed E-state index contributed by atoms with van der Waals surface area (Å²) < 4.78 is 22.9. The third-order valence-electron chi connectivity index (χ3n) is 6.34. The molecule has 0 radical (unpaired) electrons. The second-order valence-corrected chi connectivity index (χ2v) is 8.69. The van der Waals surface area contributed by atoms with E-state index >= 15 is 0 Å². The van der Waals surface area contributed by atoms with Crippen LogP contribution in [0, 0.1) is 0 Å². The van der Waals surface area contributed by atoms with E-state index in [-0.39, 0.29) is 43.9 Å². The number of hydrogen-bond donors (Lipinski definition) is 2. The zero-order valence-corrected chi connectivity index (χ0v) is 18.2. The quantitative estimate of drug-likeness (QED) is 0.712. The van der Waals surface area contributed by atoms with Crippen LogP contribution in [0.25, 0.3) is 0 Å². The lowest BCUT2D eigenvalue weighted by Crippen LogP contribution is -2.47. The van der Waals surface area contributed by atoms with Crippen LogP contribution in [0.2, 0.25) is 0 Å². The maximum atomic E-state index is 12.6. The van der Waals surface area contributed by atoms with Gasteiger partial charge in [0.1, 0.15) is 18.0 Å². The van der Waals surface area contributed by atoms with Crippen molar-refractivity contribution in [3.05, 3.63) is 47.5 Å². The Labute approximate surface area is 187 Å². The smallest absolute Gasteiger partial charge is 0.231 e. The van der Waals surface area contributed by atoms with Crippen molar-refractivity contribution in [1.82, 2.24) is 5.32 Å². The second kappa shape index (κ2) is 8.52. The fraction of sp³-hybridized carbons (Fsp3) is 0.458. The molecule has 1 amide bonds. The first-order chi connectivity index (χ1) is 15.5. The Balaban J connectivity index is 1.23. The highest BCUT2D eigenvalue weighted by Gasteiger charge is 2.46. The Morgan fingerprint density at radius 3 is 2.75 bits per heavy atom. The van der Waals surface area contributed by atoms with Crippen LogP contribution < -0.4 is 24.4 Å². The summed E-state index contributed by atoms with van der Waals surface area (Å²) >= 11 is 0. The van der Waals surface area contributed by atoms with E-state index < -0.39 is 6.10 Å². The SMILES string of the molecule is CN(C)c1ccc2c(c1)[C@@H]1C[C@@H](CC(=O)NCc3ccc4c(c3)OCO4)O[C@@H](CO)[C@@H]1O2. The van der Waals surface area contributed by atoms with Crippen LogP contribution in [-0.2, 0) is 16.1 Å². The molecule has 2 N–H and O–H groups in total. The van der Waals surface area contributed by atoms with Crippen molar-refractivity contribution in [2.24, 2.45) is 0 Å². The van der Waals surface area contributed by atoms with E-state index in [0.29, 0.717) is 18.7 Å². The molecule has 3 heterocycles. The zero-order chi connectivity index (χ0) is 22.2. The molecule has 2 aromatic rings. The number of aliphatic hydroxyl groups is 1. The van der Waals surface area contributed by atoms with Crippen LogP contribution in [0.5, 0.6) is 17.2 Å². The minimum Gasteiger partial charge on any atom is -0.487 e. The van der Waals surface area contributed by atoms with E-state index in [2.05, 4.69) is 16.3 Å². The van der Waals surface area contributed by atoms with E-state index in [4.69, 9.17) is 18.9 Å². The number of anilines is 1. The first kappa shape index (κ1) is 20.9. The van der Waals surface area contributed by atoms with E-state index in [1.165, 1.54) is 0 Å². The molecular weight excluding hydrogens is 412 g/mol. The van der Waals surface area contributed by atoms with Gasteiger partial charge in [0, 0.05) is 37.8 Å². The van der Waals surface area contributed by atoms with Gasteiger partial charge in [-0.3, -0.25) is 4.79 Å². The molecule has 1 saturated heterocycles. The van der Waals surface area contributed by atoms with Crippen LogP contribution >= 0.6 is 0 Å². The Morgan fingerprint density at radius 2 is 1.94 bits per heavy atom. The molecule has 4 atom stereocenters. The third kappa shape index (κ3) is 3.96. The van der Waals surface area contributed by atoms with Gasteiger partial charge in [0.2, 0.25) is 12.7 Å². The van der Waals surface area contributed by atoms with E-state index in [9.17, 15) is 9.90 Å². The largest absolute Gasteiger partial charge is 0.487 e. The molecular formula is C24H28N2O6. The average molecular weight is 440 g/mol. The summed E-state index contributed by atoms with van der Waals surface area (Å²) in [5.41, 5.74) is 3.15. The number of aliphatic hydroxyl groups excluding tert-OH is 1. The molecule has 0 bridgehead atoms. The lowest BCUT2D eigenvalue weighted by molar-refractivity contribution is -0.142. The molecule has 1 fully saturated rings. The predicted octanol–water partition coefficient (Wildman–Crippen LogP) is 2.18. The summed E-state index contributed by atoms with van der Waals surface area (Å²) in [6.45, 7) is 0.474. The van der Waals surface area contributed by atoms with Gasteiger partial charge in [0.15, 0.2) is 11.5 Å². The van der Waals surface area contributed by atoms with Gasteiger partial charge in [-0.25, -0.2) is 0 Å². The van der Waals surface area contributed by atoms with Crippen molar-refractivity contribution in [3.8, 4) is 17.2 Å². The van der Waals surface area contributed by atoms with Crippen LogP contribution in [0.3, 0.4) is 0 Å². The highest BCUT2D eigenvalue weighted by molar-refractivity contribution is 5.76. The maximum Gasteiger partial charge on any atom is 0.231 e. The van der Waals surface area contributed by atoms with Gasteiger partial charge in [-0.1, -0.05) is 6.07 Å². The van der Waals surface area contributed by atoms with E-state index in [1.807, 2.05) is 44.4 Å². The van der Waals surface area contributed by atoms with Gasteiger partial charge in [0.25, 0.3) is 0 Å². The fourth-order valence-electron chi connectivity index (χ4n) is 4.69. The van der Waals surface area contributed by atoms with E-state index in [0.717, 1.165) is 28.3 Å². The van der Waals surface area contributed by atoms with Crippen molar-refractivity contribution >= 4 is 11.6 Å². The van der Waals surface area contributed by atoms with Gasteiger partial charge in [-0.15, -0.1) is 0 Å². The molecule has 8 nitrogen and oxygen atoms in total. The monoisotopic (exact) mass is 440 g/mol. The number of amides is 1. The van der Waals surface area contributed by atoms with Crippen molar-refractivity contribution in [2.75, 3.05) is 32.4 Å². The molecule has 32 heavy (non-hydrogen) atoms. The summed E-state index contributed by atoms with van der Waals surface area (Å²) in [7, 11) is 4.01. The molecule has 8 heteroatoms. The Morgan fingerprint density at radius 1 is 1.12 bits per heavy atom. The summed E-state index contributed by atoms with van der Waals surface area (Å²) in [4.78, 5) is 14.7. The highest BCUT2D eigenvalue weighted by atomic mass is 16.7. The number of carbonyl (C=O) groups excluding carboxylic acids is 1. The molecule has 5 rings (SSSR count). The molecule has 0 saturated carbocycles. The molecule has 0 aliphatic carbocycles. The molecule has 3 aliphatic rings. The molecule has 0 unspecified atom stereocenters. The van der Waals surface area contributed by atoms with Crippen LogP contribution in [-0.4, -0.2) is 56.8 Å². The molecule has 170 valence electrons. The first-order valence-electron chi connectivity index (χ1n) is 10.9. The summed E-state index contributed by atoms with van der Waals surface area (Å²) in [5, 5.41) is 12.9. The van der Waals surface area contributed by atoms with Crippen molar-refractivity contribution in [2.45, 2.75) is 43.6 Å². The molecule has 0 aromatic heterocycles. The molecule has 2 aromatic carbocycles. The van der Waals surface area contributed by atoms with Crippen molar-refractivity contribution < 1.29 is 28.8 Å². The number of rotatable bonds is 6. The summed E-state index contributed by atoms with van der Waals surface area (Å²) in [6, 6.07) is 11.8. The number of ether oxygens (including phenoxy) is 4. The average Bonchev–Trinajstić information content (AvgIpc) is 3.40. The topological polar surface area (TPSA) is 89.5 Å². The van der Waals surface area contributed by atoms with Crippen molar-refractivity contribution in [1.29, 1.82) is 0 Å². The van der Waals surface area contributed by atoms with Gasteiger partial charge in [-0.2, -0.15) is 0 Å². The van der Waals surface area contributed by atoms with Gasteiger partial charge >= 0.3 is 0 Å². The minimum absolute atomic E-state index is 0.0856. The lowest BCUT2D eigenvalue weighted by Gasteiger charge is -2.37. The Bertz CT molecular complexity index is 1010. The molecule has 0 spiro atoms. The second-order valence-electron chi connectivity index (χ2n) is 8.69. The van der Waals surface area contributed by atoms with Crippen molar-refractivity contribution in [3.63, 3.8) is 0 Å².